The van der Waals surface area contributed by atoms with Gasteiger partial charge in [0.1, 0.15) is 5.69 Å². The first kappa shape index (κ1) is 15.9. The third-order valence-corrected chi connectivity index (χ3v) is 3.42. The first-order chi connectivity index (χ1) is 10.7. The third-order valence-electron chi connectivity index (χ3n) is 3.42. The number of para-hydroxylation sites is 1. The van der Waals surface area contributed by atoms with Crippen LogP contribution in [0.15, 0.2) is 42.7 Å². The molecule has 1 aromatic heterocycles. The van der Waals surface area contributed by atoms with E-state index in [4.69, 9.17) is 0 Å². The minimum Gasteiger partial charge on any atom is -0.351 e. The lowest BCUT2D eigenvalue weighted by Crippen LogP contribution is -2.25. The van der Waals surface area contributed by atoms with E-state index in [1.165, 1.54) is 6.20 Å². The lowest BCUT2D eigenvalue weighted by atomic mass is 10.2. The zero-order valence-electron chi connectivity index (χ0n) is 13.1. The summed E-state index contributed by atoms with van der Waals surface area (Å²) in [5.41, 5.74) is 1.37. The molecule has 1 heterocycles. The number of carbonyl (C=O) groups excluding carboxylic acids is 1. The van der Waals surface area contributed by atoms with Crippen molar-refractivity contribution < 1.29 is 4.79 Å². The summed E-state index contributed by atoms with van der Waals surface area (Å²) in [6, 6.07) is 9.90. The molecule has 1 amide bonds. The molecule has 0 unspecified atom stereocenters. The predicted octanol–water partition coefficient (Wildman–Crippen LogP) is 3.16. The van der Waals surface area contributed by atoms with Gasteiger partial charge < -0.3 is 10.2 Å². The molecular formula is C17H22N4O. The SMILES string of the molecule is CCCCCNC(=O)c1cnc(N(C)c2ccccc2)cn1. The standard InChI is InChI=1S/C17H22N4O/c1-3-4-8-11-18-17(22)15-12-20-16(13-19-15)21(2)14-9-6-5-7-10-14/h5-7,9-10,12-13H,3-4,8,11H2,1-2H3,(H,18,22). The van der Waals surface area contributed by atoms with E-state index < -0.39 is 0 Å². The number of nitrogens with zero attached hydrogens (tertiary/aromatic N) is 3. The predicted molar refractivity (Wildman–Crippen MR) is 88.4 cm³/mol. The van der Waals surface area contributed by atoms with Crippen LogP contribution in [0.3, 0.4) is 0 Å². The molecule has 0 aliphatic carbocycles. The van der Waals surface area contributed by atoms with E-state index in [9.17, 15) is 4.79 Å². The first-order valence-electron chi connectivity index (χ1n) is 7.61. The van der Waals surface area contributed by atoms with Crippen LogP contribution < -0.4 is 10.2 Å². The zero-order valence-corrected chi connectivity index (χ0v) is 13.1. The minimum atomic E-state index is -0.169. The Balaban J connectivity index is 1.96. The molecule has 0 aliphatic rings. The second-order valence-corrected chi connectivity index (χ2v) is 5.12. The van der Waals surface area contributed by atoms with Crippen LogP contribution in [0.1, 0.15) is 36.7 Å². The molecule has 0 atom stereocenters. The Kier molecular flexibility index (Phi) is 5.89. The molecule has 0 aliphatic heterocycles. The van der Waals surface area contributed by atoms with Gasteiger partial charge in [-0.05, 0) is 18.6 Å². The summed E-state index contributed by atoms with van der Waals surface area (Å²) in [4.78, 5) is 22.4. The maximum atomic E-state index is 11.9. The second kappa shape index (κ2) is 8.12. The number of nitrogens with one attached hydrogen (secondary N) is 1. The summed E-state index contributed by atoms with van der Waals surface area (Å²) in [6.07, 6.45) is 6.38. The molecule has 2 aromatic rings. The average molecular weight is 298 g/mol. The Morgan fingerprint density at radius 1 is 1.14 bits per heavy atom. The number of aromatic nitrogens is 2. The molecule has 5 nitrogen and oxygen atoms in total. The maximum Gasteiger partial charge on any atom is 0.271 e. The van der Waals surface area contributed by atoms with E-state index in [-0.39, 0.29) is 5.91 Å². The van der Waals surface area contributed by atoms with Crippen molar-refractivity contribution in [2.45, 2.75) is 26.2 Å². The van der Waals surface area contributed by atoms with Crippen LogP contribution in [0, 0.1) is 0 Å². The molecule has 0 radical (unpaired) electrons. The van der Waals surface area contributed by atoms with Crippen LogP contribution in [-0.4, -0.2) is 29.5 Å². The van der Waals surface area contributed by atoms with Crippen LogP contribution in [-0.2, 0) is 0 Å². The number of anilines is 2. The molecule has 0 saturated carbocycles. The fourth-order valence-corrected chi connectivity index (χ4v) is 2.06. The van der Waals surface area contributed by atoms with Gasteiger partial charge in [-0.15, -0.1) is 0 Å². The van der Waals surface area contributed by atoms with Crippen molar-refractivity contribution in [2.75, 3.05) is 18.5 Å². The smallest absolute Gasteiger partial charge is 0.271 e. The van der Waals surface area contributed by atoms with Gasteiger partial charge in [-0.3, -0.25) is 4.79 Å². The van der Waals surface area contributed by atoms with E-state index >= 15 is 0 Å². The lowest BCUT2D eigenvalue weighted by molar-refractivity contribution is 0.0947. The monoisotopic (exact) mass is 298 g/mol. The van der Waals surface area contributed by atoms with Gasteiger partial charge >= 0.3 is 0 Å². The van der Waals surface area contributed by atoms with Crippen LogP contribution in [0.25, 0.3) is 0 Å². The lowest BCUT2D eigenvalue weighted by Gasteiger charge is -2.17. The summed E-state index contributed by atoms with van der Waals surface area (Å²) < 4.78 is 0. The number of hydrogen-bond acceptors (Lipinski definition) is 4. The van der Waals surface area contributed by atoms with Gasteiger partial charge in [0, 0.05) is 19.3 Å². The number of amides is 1. The van der Waals surface area contributed by atoms with E-state index in [1.807, 2.05) is 42.3 Å². The Bertz CT molecular complexity index is 583. The normalized spacial score (nSPS) is 10.3. The van der Waals surface area contributed by atoms with Crippen LogP contribution >= 0.6 is 0 Å². The van der Waals surface area contributed by atoms with Crippen molar-refractivity contribution >= 4 is 17.4 Å². The number of benzene rings is 1. The van der Waals surface area contributed by atoms with E-state index in [1.54, 1.807) is 6.20 Å². The average Bonchev–Trinajstić information content (AvgIpc) is 2.59. The largest absolute Gasteiger partial charge is 0.351 e. The van der Waals surface area contributed by atoms with Crippen molar-refractivity contribution in [2.24, 2.45) is 0 Å². The highest BCUT2D eigenvalue weighted by Crippen LogP contribution is 2.19. The Labute approximate surface area is 131 Å². The molecule has 1 N–H and O–H groups in total. The molecule has 0 bridgehead atoms. The van der Waals surface area contributed by atoms with Gasteiger partial charge in [-0.1, -0.05) is 38.0 Å². The number of carbonyl (C=O) groups is 1. The molecule has 0 spiro atoms. The van der Waals surface area contributed by atoms with Gasteiger partial charge in [0.05, 0.1) is 12.4 Å². The molecular weight excluding hydrogens is 276 g/mol. The molecule has 0 saturated heterocycles. The van der Waals surface area contributed by atoms with Crippen molar-refractivity contribution in [1.82, 2.24) is 15.3 Å². The summed E-state index contributed by atoms with van der Waals surface area (Å²) >= 11 is 0. The molecule has 1 aromatic carbocycles. The summed E-state index contributed by atoms with van der Waals surface area (Å²) in [5.74, 6) is 0.534. The Morgan fingerprint density at radius 2 is 1.91 bits per heavy atom. The second-order valence-electron chi connectivity index (χ2n) is 5.12. The van der Waals surface area contributed by atoms with Crippen LogP contribution in [0.4, 0.5) is 11.5 Å². The van der Waals surface area contributed by atoms with Gasteiger partial charge in [0.15, 0.2) is 5.82 Å². The van der Waals surface area contributed by atoms with Crippen molar-refractivity contribution in [3.8, 4) is 0 Å². The maximum absolute atomic E-state index is 11.9. The number of hydrogen-bond donors (Lipinski definition) is 1. The highest BCUT2D eigenvalue weighted by molar-refractivity contribution is 5.92. The van der Waals surface area contributed by atoms with Crippen LogP contribution in [0.2, 0.25) is 0 Å². The Morgan fingerprint density at radius 3 is 2.55 bits per heavy atom. The van der Waals surface area contributed by atoms with Crippen LogP contribution in [0.5, 0.6) is 0 Å². The zero-order chi connectivity index (χ0) is 15.8. The number of unbranched alkanes of at least 4 members (excludes halogenated alkanes) is 2. The highest BCUT2D eigenvalue weighted by Gasteiger charge is 2.09. The summed E-state index contributed by atoms with van der Waals surface area (Å²) in [7, 11) is 1.92. The quantitative estimate of drug-likeness (QED) is 0.798. The number of rotatable bonds is 7. The van der Waals surface area contributed by atoms with E-state index in [0.29, 0.717) is 18.1 Å². The highest BCUT2D eigenvalue weighted by atomic mass is 16.1. The van der Waals surface area contributed by atoms with Gasteiger partial charge in [0.25, 0.3) is 5.91 Å². The molecule has 2 rings (SSSR count). The van der Waals surface area contributed by atoms with Crippen molar-refractivity contribution in [3.05, 3.63) is 48.4 Å². The van der Waals surface area contributed by atoms with Gasteiger partial charge in [0.2, 0.25) is 0 Å². The molecule has 116 valence electrons. The topological polar surface area (TPSA) is 58.1 Å². The molecule has 5 heteroatoms. The third kappa shape index (κ3) is 4.28. The van der Waals surface area contributed by atoms with Gasteiger partial charge in [-0.2, -0.15) is 0 Å². The Hall–Kier alpha value is -2.43. The fraction of sp³-hybridized carbons (Fsp3) is 0.353. The van der Waals surface area contributed by atoms with Gasteiger partial charge in [-0.25, -0.2) is 9.97 Å². The summed E-state index contributed by atoms with van der Waals surface area (Å²) in [5, 5.41) is 2.86. The minimum absolute atomic E-state index is 0.169. The van der Waals surface area contributed by atoms with Crippen molar-refractivity contribution in [1.29, 1.82) is 0 Å². The fourth-order valence-electron chi connectivity index (χ4n) is 2.06. The first-order valence-corrected chi connectivity index (χ1v) is 7.61. The molecule has 22 heavy (non-hydrogen) atoms. The van der Waals surface area contributed by atoms with Crippen molar-refractivity contribution in [3.63, 3.8) is 0 Å². The van der Waals surface area contributed by atoms with E-state index in [2.05, 4.69) is 22.2 Å². The molecule has 0 fully saturated rings. The summed E-state index contributed by atoms with van der Waals surface area (Å²) in [6.45, 7) is 2.81. The van der Waals surface area contributed by atoms with E-state index in [0.717, 1.165) is 24.9 Å².